The molecule has 0 saturated carbocycles. The third-order valence-corrected chi connectivity index (χ3v) is 7.86. The standard InChI is InChI=1S/C24H34N4O2.C23H4.H3N5O2.14H2/c1-4-21(27-23(30)15-28-16(2)6-5-7-17(28)3)22(29)11-9-18-8-10-20-19(14-18)12-13-26-24(20)25;1-3-5-7-9-11-13-15-17-19-21-23-22-20-18-16-14-12-10-8-6-4-2;1-2-3-4-5(6)7;;;;;;;;;;;;;;/h8,10,12-14,16-17,21H,4-7,9,11,15H2,1-3H3,(H2,25,26)(H,27,30);1H,2H3;(H2,1,3)(H,2,4);14*1H/t16-,17+,21-;;;;;;;;;;;;;;;;/m0................/s1. The fraction of sp³-hybridized carbons (Fsp3) is 0.298. The quantitative estimate of drug-likeness (QED) is 0.0671. The molecule has 0 unspecified atom stereocenters. The maximum Gasteiger partial charge on any atom is 0.234 e. The molecule has 1 aliphatic rings. The predicted octanol–water partition coefficient (Wildman–Crippen LogP) is 6.60. The number of benzene rings is 1. The van der Waals surface area contributed by atoms with E-state index in [1.807, 2.05) is 25.1 Å². The van der Waals surface area contributed by atoms with E-state index in [1.165, 1.54) is 12.0 Å². The lowest BCUT2D eigenvalue weighted by molar-refractivity contribution is -0.546. The molecule has 3 rings (SSSR count). The van der Waals surface area contributed by atoms with Gasteiger partial charge in [0, 0.05) is 79.3 Å². The molecule has 1 aromatic carbocycles. The van der Waals surface area contributed by atoms with Gasteiger partial charge in [0.2, 0.25) is 5.91 Å². The Morgan fingerprint density at radius 2 is 1.43 bits per heavy atom. The number of amides is 1. The summed E-state index contributed by atoms with van der Waals surface area (Å²) < 4.78 is 0. The van der Waals surface area contributed by atoms with Crippen LogP contribution in [0.25, 0.3) is 10.8 Å². The second kappa shape index (κ2) is 31.5. The Hall–Kier alpha value is -8.71. The zero-order valence-electron chi connectivity index (χ0n) is 33.7. The molecule has 2 heterocycles. The van der Waals surface area contributed by atoms with Crippen LogP contribution in [-0.4, -0.2) is 51.3 Å². The lowest BCUT2D eigenvalue weighted by Crippen LogP contribution is -2.51. The van der Waals surface area contributed by atoms with Gasteiger partial charge in [-0.1, -0.05) is 37.5 Å². The van der Waals surface area contributed by atoms with Gasteiger partial charge >= 0.3 is 0 Å². The molecular formula is C47H69N9O4. The minimum Gasteiger partial charge on any atom is -0.383 e. The topological polar surface area (TPSA) is 194 Å². The Balaban J connectivity index is -0.0000000624. The lowest BCUT2D eigenvalue weighted by atomic mass is 9.97. The maximum atomic E-state index is 12.8. The predicted molar refractivity (Wildman–Crippen MR) is 262 cm³/mol. The van der Waals surface area contributed by atoms with Gasteiger partial charge in [-0.05, 0) is 158 Å². The highest BCUT2D eigenvalue weighted by Gasteiger charge is 2.27. The highest BCUT2D eigenvalue weighted by atomic mass is 16.7. The smallest absolute Gasteiger partial charge is 0.234 e. The highest BCUT2D eigenvalue weighted by Crippen LogP contribution is 2.22. The Labute approximate surface area is 373 Å². The van der Waals surface area contributed by atoms with Crippen molar-refractivity contribution in [2.75, 3.05) is 12.3 Å². The fourth-order valence-electron chi connectivity index (χ4n) is 5.14. The highest BCUT2D eigenvalue weighted by molar-refractivity contribution is 5.92. The molecule has 1 fully saturated rings. The number of nitrogens with zero attached hydrogens (tertiary/aromatic N) is 5. The molecule has 3 atom stereocenters. The van der Waals surface area contributed by atoms with Crippen LogP contribution in [0.2, 0.25) is 0 Å². The summed E-state index contributed by atoms with van der Waals surface area (Å²) in [6, 6.07) is 8.32. The molecule has 13 heteroatoms. The van der Waals surface area contributed by atoms with Gasteiger partial charge in [0.15, 0.2) is 11.0 Å². The molecule has 60 heavy (non-hydrogen) atoms. The number of piperidine rings is 1. The Morgan fingerprint density at radius 1 is 0.917 bits per heavy atom. The van der Waals surface area contributed by atoms with Gasteiger partial charge in [-0.25, -0.2) is 4.98 Å². The number of carbonyl (C=O) groups excluding carboxylic acids is 2. The summed E-state index contributed by atoms with van der Waals surface area (Å²) in [6.07, 6.45) is 11.7. The Kier molecular flexibility index (Phi) is 25.9. The monoisotopic (exact) mass is 824 g/mol. The van der Waals surface area contributed by atoms with Crippen molar-refractivity contribution in [1.82, 2.24) is 20.7 Å². The van der Waals surface area contributed by atoms with Gasteiger partial charge in [0.05, 0.1) is 22.8 Å². The van der Waals surface area contributed by atoms with Gasteiger partial charge in [-0.2, -0.15) is 0 Å². The Morgan fingerprint density at radius 3 is 1.88 bits per heavy atom. The second-order valence-corrected chi connectivity index (χ2v) is 11.9. The van der Waals surface area contributed by atoms with Crippen molar-refractivity contribution < 1.29 is 34.6 Å². The van der Waals surface area contributed by atoms with Crippen molar-refractivity contribution in [1.29, 1.82) is 0 Å². The number of aromatic nitrogens is 1. The third-order valence-electron chi connectivity index (χ3n) is 7.86. The van der Waals surface area contributed by atoms with Crippen LogP contribution >= 0.6 is 0 Å². The fourth-order valence-corrected chi connectivity index (χ4v) is 5.14. The number of carbonyl (C=O) groups is 2. The van der Waals surface area contributed by atoms with Crippen molar-refractivity contribution in [3.8, 4) is 131 Å². The number of ketones is 1. The van der Waals surface area contributed by atoms with Gasteiger partial charge in [0.1, 0.15) is 5.82 Å². The van der Waals surface area contributed by atoms with Crippen LogP contribution in [0, 0.1) is 141 Å². The molecule has 1 amide bonds. The molecule has 13 nitrogen and oxygen atoms in total. The molecule has 1 aromatic heterocycles. The van der Waals surface area contributed by atoms with Gasteiger partial charge in [-0.15, -0.1) is 6.42 Å². The molecule has 0 spiro atoms. The number of aryl methyl sites for hydroxylation is 1. The SMILES string of the molecule is C#CC#CC#CC#CC#CC#CC#CC#CC#CC#CC#CC.CC[C@H](NC(=O)CN1[C@H](C)CCC[C@@H]1C)C(=O)CCc1ccc2c(N)nccc2c1.NN=NN[N+](=O)[O-].[HH].[HH].[HH].[HH].[HH].[HH].[HH].[HH].[HH].[HH].[HH].[HH].[HH].[HH]. The lowest BCUT2D eigenvalue weighted by Gasteiger charge is -2.38. The minimum atomic E-state index is -0.879. The van der Waals surface area contributed by atoms with E-state index in [1.54, 1.807) is 13.1 Å². The average molecular weight is 824 g/mol. The molecular weight excluding hydrogens is 755 g/mol. The molecule has 1 saturated heterocycles. The van der Waals surface area contributed by atoms with Crippen LogP contribution in [0.4, 0.5) is 5.82 Å². The zero-order valence-corrected chi connectivity index (χ0v) is 33.7. The van der Waals surface area contributed by atoms with E-state index < -0.39 is 11.1 Å². The first-order valence-electron chi connectivity index (χ1n) is 18.2. The molecule has 2 aromatic rings. The summed E-state index contributed by atoms with van der Waals surface area (Å²) in [6.45, 7) is 8.37. The zero-order chi connectivity index (χ0) is 44.2. The summed E-state index contributed by atoms with van der Waals surface area (Å²) in [5, 5.41) is 18.5. The van der Waals surface area contributed by atoms with Gasteiger partial charge in [0.25, 0.3) is 0 Å². The number of nitrogens with one attached hydrogen (secondary N) is 2. The number of terminal acetylenes is 1. The van der Waals surface area contributed by atoms with Crippen LogP contribution in [0.3, 0.4) is 0 Å². The summed E-state index contributed by atoms with van der Waals surface area (Å²) in [7, 11) is 0. The number of nitrogen functional groups attached to an aromatic ring is 1. The molecule has 326 valence electrons. The van der Waals surface area contributed by atoms with E-state index in [9.17, 15) is 19.7 Å². The average Bonchev–Trinajstić information content (AvgIpc) is 3.24. The van der Waals surface area contributed by atoms with Crippen LogP contribution in [0.5, 0.6) is 0 Å². The van der Waals surface area contributed by atoms with Gasteiger partial charge < -0.3 is 21.2 Å². The van der Waals surface area contributed by atoms with E-state index in [0.29, 0.717) is 43.7 Å². The first-order valence-corrected chi connectivity index (χ1v) is 18.2. The number of nitrogens with two attached hydrogens (primary N) is 2. The summed E-state index contributed by atoms with van der Waals surface area (Å²) in [4.78, 5) is 41.0. The van der Waals surface area contributed by atoms with Crippen LogP contribution in [-0.2, 0) is 16.0 Å². The molecule has 0 radical (unpaired) electrons. The molecule has 0 bridgehead atoms. The first-order chi connectivity index (χ1) is 29.1. The van der Waals surface area contributed by atoms with Crippen molar-refractivity contribution in [3.63, 3.8) is 0 Å². The third kappa shape index (κ3) is 22.6. The summed E-state index contributed by atoms with van der Waals surface area (Å²) in [5.41, 5.74) is 8.34. The van der Waals surface area contributed by atoms with E-state index in [2.05, 4.69) is 176 Å². The largest absolute Gasteiger partial charge is 0.383 e. The number of Topliss-reactive ketones (excluding diaryl/α,β-unsaturated/α-hetero) is 1. The maximum absolute atomic E-state index is 12.8. The number of hydrazine groups is 1. The van der Waals surface area contributed by atoms with Crippen molar-refractivity contribution >= 4 is 28.3 Å². The number of anilines is 1. The number of fused-ring (bicyclic) bond motifs is 1. The number of rotatable bonds is 10. The number of hydrogen-bond acceptors (Lipinski definition) is 9. The van der Waals surface area contributed by atoms with Crippen molar-refractivity contribution in [3.05, 3.63) is 46.1 Å². The number of hydrogen-bond donors (Lipinski definition) is 4. The first kappa shape index (κ1) is 49.3. The summed E-state index contributed by atoms with van der Waals surface area (Å²) in [5.74, 6) is 56.8. The summed E-state index contributed by atoms with van der Waals surface area (Å²) >= 11 is 0. The van der Waals surface area contributed by atoms with E-state index in [-0.39, 0.29) is 31.7 Å². The van der Waals surface area contributed by atoms with Crippen molar-refractivity contribution in [2.24, 2.45) is 16.3 Å². The Bertz CT molecular complexity index is 2620. The molecule has 0 aliphatic carbocycles. The second-order valence-electron chi connectivity index (χ2n) is 11.9. The molecule has 1 aliphatic heterocycles. The van der Waals surface area contributed by atoms with Crippen molar-refractivity contribution in [2.45, 2.75) is 84.3 Å². The minimum absolute atomic E-state index is 0. The van der Waals surface area contributed by atoms with Gasteiger partial charge in [-0.3, -0.25) is 20.3 Å². The van der Waals surface area contributed by atoms with Crippen LogP contribution in [0.15, 0.2) is 40.9 Å². The van der Waals surface area contributed by atoms with E-state index in [4.69, 9.17) is 12.2 Å². The number of pyridine rings is 1. The number of likely N-dealkylation sites (tertiary alicyclic amines) is 1. The van der Waals surface area contributed by atoms with E-state index >= 15 is 0 Å². The normalized spacial score (nSPS) is 12.9. The van der Waals surface area contributed by atoms with Crippen LogP contribution in [0.1, 0.15) is 85.3 Å². The van der Waals surface area contributed by atoms with Crippen LogP contribution < -0.4 is 22.4 Å². The number of nitro groups is 1. The molecule has 6 N–H and O–H groups in total. The van der Waals surface area contributed by atoms with E-state index in [0.717, 1.165) is 29.2 Å².